The van der Waals surface area contributed by atoms with Crippen LogP contribution in [0.1, 0.15) is 42.7 Å². The molecule has 0 aliphatic heterocycles. The van der Waals surface area contributed by atoms with Crippen LogP contribution >= 0.6 is 0 Å². The summed E-state index contributed by atoms with van der Waals surface area (Å²) in [7, 11) is 0. The first-order chi connectivity index (χ1) is 6.36. The molecule has 0 nitrogen and oxygen atoms in total. The van der Waals surface area contributed by atoms with Crippen LogP contribution in [0.15, 0.2) is 24.3 Å². The van der Waals surface area contributed by atoms with Gasteiger partial charge >= 0.3 is 0 Å². The summed E-state index contributed by atoms with van der Waals surface area (Å²) in [6.07, 6.45) is 7.79. The van der Waals surface area contributed by atoms with Gasteiger partial charge in [-0.3, -0.25) is 0 Å². The van der Waals surface area contributed by atoms with Crippen LogP contribution in [0.25, 0.3) is 0 Å². The Bertz CT molecular complexity index is 269. The van der Waals surface area contributed by atoms with Crippen molar-refractivity contribution < 1.29 is 0 Å². The number of benzene rings is 1. The zero-order chi connectivity index (χ0) is 9.10. The Kier molecular flexibility index (Phi) is 2.68. The van der Waals surface area contributed by atoms with E-state index >= 15 is 0 Å². The van der Waals surface area contributed by atoms with E-state index in [0.29, 0.717) is 0 Å². The Morgan fingerprint density at radius 1 is 1.31 bits per heavy atom. The van der Waals surface area contributed by atoms with E-state index in [-0.39, 0.29) is 0 Å². The van der Waals surface area contributed by atoms with Crippen molar-refractivity contribution in [2.45, 2.75) is 38.5 Å². The van der Waals surface area contributed by atoms with Gasteiger partial charge in [-0.1, -0.05) is 42.7 Å². The molecule has 2 rings (SSSR count). The molecule has 1 unspecified atom stereocenters. The van der Waals surface area contributed by atoms with Gasteiger partial charge in [-0.2, -0.15) is 0 Å². The van der Waals surface area contributed by atoms with E-state index in [2.05, 4.69) is 37.6 Å². The van der Waals surface area contributed by atoms with Crippen LogP contribution in [0.5, 0.6) is 0 Å². The first-order valence-corrected chi connectivity index (χ1v) is 5.24. The van der Waals surface area contributed by atoms with Gasteiger partial charge in [0.1, 0.15) is 0 Å². The molecular formula is C13H17. The molecule has 0 amide bonds. The van der Waals surface area contributed by atoms with E-state index in [9.17, 15) is 0 Å². The summed E-state index contributed by atoms with van der Waals surface area (Å²) in [4.78, 5) is 0. The van der Waals surface area contributed by atoms with Gasteiger partial charge in [0.15, 0.2) is 0 Å². The van der Waals surface area contributed by atoms with Gasteiger partial charge in [-0.25, -0.2) is 0 Å². The van der Waals surface area contributed by atoms with Crippen molar-refractivity contribution in [2.24, 2.45) is 0 Å². The van der Waals surface area contributed by atoms with E-state index < -0.39 is 0 Å². The highest BCUT2D eigenvalue weighted by Crippen LogP contribution is 2.32. The minimum Gasteiger partial charge on any atom is -0.0617 e. The van der Waals surface area contributed by atoms with Gasteiger partial charge in [0.2, 0.25) is 0 Å². The summed E-state index contributed by atoms with van der Waals surface area (Å²) in [5, 5.41) is 0. The summed E-state index contributed by atoms with van der Waals surface area (Å²) >= 11 is 0. The van der Waals surface area contributed by atoms with E-state index in [1.165, 1.54) is 36.8 Å². The third-order valence-electron chi connectivity index (χ3n) is 2.93. The van der Waals surface area contributed by atoms with Crippen molar-refractivity contribution in [3.63, 3.8) is 0 Å². The predicted octanol–water partition coefficient (Wildman–Crippen LogP) is 3.86. The molecule has 0 N–H and O–H groups in total. The average molecular weight is 173 g/mol. The molecule has 1 aliphatic carbocycles. The lowest BCUT2D eigenvalue weighted by atomic mass is 9.84. The van der Waals surface area contributed by atoms with E-state index in [1.807, 2.05) is 0 Å². The highest BCUT2D eigenvalue weighted by Gasteiger charge is 2.14. The van der Waals surface area contributed by atoms with Crippen LogP contribution in [0.3, 0.4) is 0 Å². The molecule has 1 radical (unpaired) electrons. The molecular weight excluding hydrogens is 156 g/mol. The molecule has 1 aromatic rings. The second-order valence-corrected chi connectivity index (χ2v) is 4.07. The summed E-state index contributed by atoms with van der Waals surface area (Å²) in [5.74, 6) is 0.800. The molecule has 1 atom stereocenters. The zero-order valence-electron chi connectivity index (χ0n) is 8.29. The molecule has 13 heavy (non-hydrogen) atoms. The molecule has 0 spiro atoms. The van der Waals surface area contributed by atoms with E-state index in [1.54, 1.807) is 0 Å². The fraction of sp³-hybridized carbons (Fsp3) is 0.462. The summed E-state index contributed by atoms with van der Waals surface area (Å²) < 4.78 is 0. The normalized spacial score (nSPS) is 18.8. The van der Waals surface area contributed by atoms with Gasteiger partial charge < -0.3 is 0 Å². The molecule has 1 aliphatic rings. The zero-order valence-corrected chi connectivity index (χ0v) is 8.29. The van der Waals surface area contributed by atoms with E-state index in [0.717, 1.165) is 5.92 Å². The Hall–Kier alpha value is -0.780. The summed E-state index contributed by atoms with van der Waals surface area (Å²) in [6.45, 7) is 2.18. The smallest absolute Gasteiger partial charge is 0.0159 e. The van der Waals surface area contributed by atoms with Crippen LogP contribution in [-0.4, -0.2) is 0 Å². The van der Waals surface area contributed by atoms with Crippen molar-refractivity contribution in [2.75, 3.05) is 0 Å². The van der Waals surface area contributed by atoms with E-state index in [4.69, 9.17) is 0 Å². The first kappa shape index (κ1) is 8.80. The van der Waals surface area contributed by atoms with Crippen molar-refractivity contribution in [3.05, 3.63) is 41.8 Å². The molecule has 69 valence electrons. The van der Waals surface area contributed by atoms with Gasteiger partial charge in [0.05, 0.1) is 0 Å². The maximum absolute atomic E-state index is 2.44. The monoisotopic (exact) mass is 173 g/mol. The minimum absolute atomic E-state index is 0.800. The summed E-state index contributed by atoms with van der Waals surface area (Å²) in [5.41, 5.74) is 2.93. The van der Waals surface area contributed by atoms with Crippen LogP contribution in [0.4, 0.5) is 0 Å². The molecule has 0 bridgehead atoms. The highest BCUT2D eigenvalue weighted by atomic mass is 14.2. The van der Waals surface area contributed by atoms with Crippen LogP contribution in [0, 0.1) is 13.3 Å². The van der Waals surface area contributed by atoms with Crippen LogP contribution in [0.2, 0.25) is 0 Å². The van der Waals surface area contributed by atoms with Crippen molar-refractivity contribution in [1.29, 1.82) is 0 Å². The van der Waals surface area contributed by atoms with Crippen molar-refractivity contribution in [3.8, 4) is 0 Å². The number of rotatable bonds is 1. The molecule has 0 heterocycles. The average Bonchev–Trinajstić information content (AvgIpc) is 2.19. The first-order valence-electron chi connectivity index (χ1n) is 5.24. The molecule has 1 fully saturated rings. The topological polar surface area (TPSA) is 0 Å². The summed E-state index contributed by atoms with van der Waals surface area (Å²) in [6, 6.07) is 8.97. The Morgan fingerprint density at radius 3 is 2.92 bits per heavy atom. The number of aryl methyl sites for hydroxylation is 1. The van der Waals surface area contributed by atoms with Crippen LogP contribution in [-0.2, 0) is 0 Å². The quantitative estimate of drug-likeness (QED) is 0.605. The minimum atomic E-state index is 0.800. The predicted molar refractivity (Wildman–Crippen MR) is 56.7 cm³/mol. The fourth-order valence-corrected chi connectivity index (χ4v) is 2.17. The lowest BCUT2D eigenvalue weighted by molar-refractivity contribution is 0.517. The Balaban J connectivity index is 2.14. The lowest BCUT2D eigenvalue weighted by Gasteiger charge is -2.21. The standard InChI is InChI=1S/C13H17/c1-11-6-5-9-13(10-11)12-7-3-2-4-8-12/h3,5-6,9-10,12H,2,4,7-8H2,1H3. The molecule has 0 saturated heterocycles. The lowest BCUT2D eigenvalue weighted by Crippen LogP contribution is -2.04. The Morgan fingerprint density at radius 2 is 2.23 bits per heavy atom. The highest BCUT2D eigenvalue weighted by molar-refractivity contribution is 5.26. The van der Waals surface area contributed by atoms with Gasteiger partial charge in [0, 0.05) is 0 Å². The van der Waals surface area contributed by atoms with Crippen molar-refractivity contribution >= 4 is 0 Å². The molecule has 0 heteroatoms. The fourth-order valence-electron chi connectivity index (χ4n) is 2.17. The van der Waals surface area contributed by atoms with Gasteiger partial charge in [0.25, 0.3) is 0 Å². The second kappa shape index (κ2) is 3.95. The maximum atomic E-state index is 2.44. The third kappa shape index (κ3) is 2.12. The second-order valence-electron chi connectivity index (χ2n) is 4.07. The number of hydrogen-bond donors (Lipinski definition) is 0. The molecule has 0 aromatic heterocycles. The SMILES string of the molecule is Cc1cccc(C2C[CH]CCC2)c1. The third-order valence-corrected chi connectivity index (χ3v) is 2.93. The maximum Gasteiger partial charge on any atom is -0.0159 e. The number of hydrogen-bond acceptors (Lipinski definition) is 0. The molecule has 1 aromatic carbocycles. The Labute approximate surface area is 81.0 Å². The van der Waals surface area contributed by atoms with Gasteiger partial charge in [-0.15, -0.1) is 0 Å². The largest absolute Gasteiger partial charge is 0.0617 e. The van der Waals surface area contributed by atoms with Crippen molar-refractivity contribution in [1.82, 2.24) is 0 Å². The van der Waals surface area contributed by atoms with Crippen LogP contribution < -0.4 is 0 Å². The molecule has 1 saturated carbocycles. The van der Waals surface area contributed by atoms with Gasteiger partial charge in [-0.05, 0) is 37.7 Å².